The fourth-order valence-electron chi connectivity index (χ4n) is 3.32. The van der Waals surface area contributed by atoms with Crippen molar-refractivity contribution < 1.29 is 14.3 Å². The highest BCUT2D eigenvalue weighted by molar-refractivity contribution is 9.10. The first-order valence-electron chi connectivity index (χ1n) is 11.8. The normalized spacial score (nSPS) is 10.8. The number of unbranched alkanes of at least 4 members (excludes halogenated alkanes) is 4. The third-order valence-corrected chi connectivity index (χ3v) is 5.99. The molecule has 3 aromatic rings. The van der Waals surface area contributed by atoms with Gasteiger partial charge in [-0.15, -0.1) is 0 Å². The summed E-state index contributed by atoms with van der Waals surface area (Å²) in [6, 6.07) is 21.4. The van der Waals surface area contributed by atoms with Crippen LogP contribution in [0.25, 0.3) is 0 Å². The highest BCUT2D eigenvalue weighted by Crippen LogP contribution is 2.18. The second-order valence-corrected chi connectivity index (χ2v) is 8.90. The SMILES string of the molecule is CCCCCCCOc1ccc(C=NNC(=O)c2ccc(NC(=O)c3ccccc3Br)cc2)cc1. The molecule has 7 heteroatoms. The van der Waals surface area contributed by atoms with Crippen molar-refractivity contribution in [2.75, 3.05) is 11.9 Å². The number of carbonyl (C=O) groups is 2. The van der Waals surface area contributed by atoms with Gasteiger partial charge in [0.1, 0.15) is 5.75 Å². The molecule has 2 N–H and O–H groups in total. The molecule has 0 aliphatic heterocycles. The van der Waals surface area contributed by atoms with Crippen LogP contribution in [0.3, 0.4) is 0 Å². The predicted molar refractivity (Wildman–Crippen MR) is 144 cm³/mol. The molecule has 0 spiro atoms. The van der Waals surface area contributed by atoms with Gasteiger partial charge in [-0.3, -0.25) is 9.59 Å². The molecule has 0 aromatic heterocycles. The van der Waals surface area contributed by atoms with Crippen LogP contribution in [0.15, 0.2) is 82.4 Å². The highest BCUT2D eigenvalue weighted by Gasteiger charge is 2.10. The Morgan fingerprint density at radius 3 is 2.31 bits per heavy atom. The first-order chi connectivity index (χ1) is 17.1. The van der Waals surface area contributed by atoms with Crippen molar-refractivity contribution in [1.29, 1.82) is 0 Å². The molecular formula is C28H30BrN3O3. The zero-order valence-electron chi connectivity index (χ0n) is 19.8. The maximum atomic E-state index is 12.4. The Balaban J connectivity index is 1.44. The van der Waals surface area contributed by atoms with E-state index in [4.69, 9.17) is 4.74 Å². The Labute approximate surface area is 214 Å². The summed E-state index contributed by atoms with van der Waals surface area (Å²) in [6.45, 7) is 2.93. The molecule has 2 amide bonds. The summed E-state index contributed by atoms with van der Waals surface area (Å²) in [4.78, 5) is 24.8. The van der Waals surface area contributed by atoms with Gasteiger partial charge in [-0.05, 0) is 88.6 Å². The summed E-state index contributed by atoms with van der Waals surface area (Å²) in [7, 11) is 0. The molecule has 0 fully saturated rings. The van der Waals surface area contributed by atoms with Crippen LogP contribution in [0, 0.1) is 0 Å². The van der Waals surface area contributed by atoms with Crippen molar-refractivity contribution in [2.24, 2.45) is 5.10 Å². The van der Waals surface area contributed by atoms with Crippen LogP contribution in [-0.2, 0) is 0 Å². The van der Waals surface area contributed by atoms with Gasteiger partial charge in [0.15, 0.2) is 0 Å². The van der Waals surface area contributed by atoms with Crippen molar-refractivity contribution in [3.8, 4) is 5.75 Å². The number of hydrogen-bond donors (Lipinski definition) is 2. The largest absolute Gasteiger partial charge is 0.494 e. The van der Waals surface area contributed by atoms with Crippen molar-refractivity contribution in [1.82, 2.24) is 5.43 Å². The van der Waals surface area contributed by atoms with Crippen LogP contribution in [-0.4, -0.2) is 24.6 Å². The number of ether oxygens (including phenoxy) is 1. The number of hydrazone groups is 1. The van der Waals surface area contributed by atoms with Crippen molar-refractivity contribution in [3.05, 3.63) is 94.0 Å². The van der Waals surface area contributed by atoms with Crippen LogP contribution in [0.5, 0.6) is 5.75 Å². The van der Waals surface area contributed by atoms with E-state index in [-0.39, 0.29) is 11.8 Å². The lowest BCUT2D eigenvalue weighted by molar-refractivity contribution is 0.0954. The minimum atomic E-state index is -0.340. The lowest BCUT2D eigenvalue weighted by atomic mass is 10.1. The molecule has 3 rings (SSSR count). The number of rotatable bonds is 12. The summed E-state index contributed by atoms with van der Waals surface area (Å²) in [5.41, 5.74) is 4.93. The minimum absolute atomic E-state index is 0.234. The van der Waals surface area contributed by atoms with Crippen molar-refractivity contribution >= 4 is 39.6 Å². The van der Waals surface area contributed by atoms with Gasteiger partial charge in [0.25, 0.3) is 11.8 Å². The van der Waals surface area contributed by atoms with Gasteiger partial charge < -0.3 is 10.1 Å². The summed E-state index contributed by atoms with van der Waals surface area (Å²) < 4.78 is 6.48. The predicted octanol–water partition coefficient (Wildman–Crippen LogP) is 6.81. The maximum Gasteiger partial charge on any atom is 0.271 e. The molecule has 0 aliphatic carbocycles. The number of benzene rings is 3. The Kier molecular flexibility index (Phi) is 10.5. The Morgan fingerprint density at radius 1 is 0.886 bits per heavy atom. The number of nitrogens with zero attached hydrogens (tertiary/aromatic N) is 1. The Bertz CT molecular complexity index is 1130. The molecule has 0 unspecified atom stereocenters. The van der Waals surface area contributed by atoms with Gasteiger partial charge in [0.05, 0.1) is 18.4 Å². The van der Waals surface area contributed by atoms with Crippen molar-refractivity contribution in [2.45, 2.75) is 39.0 Å². The molecule has 3 aromatic carbocycles. The number of amides is 2. The lowest BCUT2D eigenvalue weighted by Gasteiger charge is -2.07. The third-order valence-electron chi connectivity index (χ3n) is 5.30. The van der Waals surface area contributed by atoms with Gasteiger partial charge in [0.2, 0.25) is 0 Å². The molecule has 6 nitrogen and oxygen atoms in total. The van der Waals surface area contributed by atoms with E-state index in [1.807, 2.05) is 36.4 Å². The van der Waals surface area contributed by atoms with E-state index in [9.17, 15) is 9.59 Å². The van der Waals surface area contributed by atoms with Crippen LogP contribution in [0.1, 0.15) is 65.3 Å². The van der Waals surface area contributed by atoms with E-state index >= 15 is 0 Å². The molecule has 0 saturated carbocycles. The highest BCUT2D eigenvalue weighted by atomic mass is 79.9. The first kappa shape index (κ1) is 26.2. The first-order valence-corrected chi connectivity index (χ1v) is 12.6. The molecule has 182 valence electrons. The molecular weight excluding hydrogens is 506 g/mol. The standard InChI is InChI=1S/C28H30BrN3O3/c1-2-3-4-5-8-19-35-24-17-11-21(12-18-24)20-30-32-27(33)22-13-15-23(16-14-22)31-28(34)25-9-6-7-10-26(25)29/h6-7,9-18,20H,2-5,8,19H2,1H3,(H,31,34)(H,32,33). The summed E-state index contributed by atoms with van der Waals surface area (Å²) in [6.07, 6.45) is 7.62. The molecule has 0 heterocycles. The van der Waals surface area contributed by atoms with E-state index in [1.165, 1.54) is 25.7 Å². The van der Waals surface area contributed by atoms with E-state index in [2.05, 4.69) is 38.7 Å². The molecule has 0 aliphatic rings. The van der Waals surface area contributed by atoms with Crippen LogP contribution in [0.4, 0.5) is 5.69 Å². The van der Waals surface area contributed by atoms with Crippen LogP contribution in [0.2, 0.25) is 0 Å². The number of halogens is 1. The van der Waals surface area contributed by atoms with E-state index in [1.54, 1.807) is 42.6 Å². The average molecular weight is 536 g/mol. The number of nitrogens with one attached hydrogen (secondary N) is 2. The van der Waals surface area contributed by atoms with E-state index in [0.717, 1.165) is 24.3 Å². The average Bonchev–Trinajstić information content (AvgIpc) is 2.87. The van der Waals surface area contributed by atoms with Crippen molar-refractivity contribution in [3.63, 3.8) is 0 Å². The Morgan fingerprint density at radius 2 is 1.60 bits per heavy atom. The minimum Gasteiger partial charge on any atom is -0.494 e. The van der Waals surface area contributed by atoms with Gasteiger partial charge in [-0.25, -0.2) is 5.43 Å². The van der Waals surface area contributed by atoms with E-state index in [0.29, 0.717) is 21.3 Å². The molecule has 0 atom stereocenters. The number of anilines is 1. The smallest absolute Gasteiger partial charge is 0.271 e. The fraction of sp³-hybridized carbons (Fsp3) is 0.250. The van der Waals surface area contributed by atoms with Gasteiger partial charge in [-0.1, -0.05) is 44.7 Å². The van der Waals surface area contributed by atoms with Gasteiger partial charge in [0, 0.05) is 15.7 Å². The number of carbonyl (C=O) groups excluding carboxylic acids is 2. The number of hydrogen-bond acceptors (Lipinski definition) is 4. The lowest BCUT2D eigenvalue weighted by Crippen LogP contribution is -2.18. The van der Waals surface area contributed by atoms with E-state index < -0.39 is 0 Å². The zero-order chi connectivity index (χ0) is 24.9. The monoisotopic (exact) mass is 535 g/mol. The Hall–Kier alpha value is -3.45. The summed E-state index contributed by atoms with van der Waals surface area (Å²) >= 11 is 3.37. The fourth-order valence-corrected chi connectivity index (χ4v) is 3.79. The molecule has 0 radical (unpaired) electrons. The quantitative estimate of drug-likeness (QED) is 0.152. The van der Waals surface area contributed by atoms with Crippen LogP contribution >= 0.6 is 15.9 Å². The summed E-state index contributed by atoms with van der Waals surface area (Å²) in [5, 5.41) is 6.85. The molecule has 35 heavy (non-hydrogen) atoms. The molecule has 0 saturated heterocycles. The zero-order valence-corrected chi connectivity index (χ0v) is 21.4. The second-order valence-electron chi connectivity index (χ2n) is 8.04. The van der Waals surface area contributed by atoms with Gasteiger partial charge >= 0.3 is 0 Å². The maximum absolute atomic E-state index is 12.4. The topological polar surface area (TPSA) is 79.8 Å². The summed E-state index contributed by atoms with van der Waals surface area (Å²) in [5.74, 6) is 0.254. The molecule has 0 bridgehead atoms. The van der Waals surface area contributed by atoms with Gasteiger partial charge in [-0.2, -0.15) is 5.10 Å². The third kappa shape index (κ3) is 8.68. The second kappa shape index (κ2) is 14.1. The van der Waals surface area contributed by atoms with Crippen LogP contribution < -0.4 is 15.5 Å².